The van der Waals surface area contributed by atoms with Crippen molar-refractivity contribution in [2.45, 2.75) is 57.2 Å². The summed E-state index contributed by atoms with van der Waals surface area (Å²) in [5.74, 6) is 0.910. The van der Waals surface area contributed by atoms with Crippen molar-refractivity contribution < 1.29 is 9.21 Å². The molecule has 2 aromatic rings. The van der Waals surface area contributed by atoms with Gasteiger partial charge < -0.3 is 15.1 Å². The van der Waals surface area contributed by atoms with Gasteiger partial charge in [0.05, 0.1) is 12.3 Å². The zero-order chi connectivity index (χ0) is 18.5. The Morgan fingerprint density at radius 1 is 1.11 bits per heavy atom. The van der Waals surface area contributed by atoms with Crippen LogP contribution in [0.3, 0.4) is 0 Å². The van der Waals surface area contributed by atoms with Crippen molar-refractivity contribution in [2.24, 2.45) is 0 Å². The maximum Gasteiger partial charge on any atom is 0.315 e. The Hall–Kier alpha value is -2.27. The summed E-state index contributed by atoms with van der Waals surface area (Å²) >= 11 is 0. The van der Waals surface area contributed by atoms with Gasteiger partial charge in [-0.05, 0) is 42.5 Å². The van der Waals surface area contributed by atoms with Gasteiger partial charge in [0, 0.05) is 25.7 Å². The second kappa shape index (κ2) is 8.61. The van der Waals surface area contributed by atoms with E-state index in [2.05, 4.69) is 39.8 Å². The Morgan fingerprint density at radius 2 is 1.93 bits per heavy atom. The quantitative estimate of drug-likeness (QED) is 0.839. The van der Waals surface area contributed by atoms with E-state index in [1.165, 1.54) is 30.4 Å². The average molecular weight is 367 g/mol. The van der Waals surface area contributed by atoms with Crippen molar-refractivity contribution in [3.8, 4) is 0 Å². The zero-order valence-corrected chi connectivity index (χ0v) is 15.8. The number of hydrogen-bond acceptors (Lipinski definition) is 3. The third-order valence-corrected chi connectivity index (χ3v) is 5.87. The standard InChI is InChI=1S/C22H29N3O2/c26-22(24-19-9-2-1-3-10-19)23-15-20(21-11-6-14-27-21)25-13-12-17-7-4-5-8-18(17)16-25/h4-8,11,14,19-20H,1-3,9-10,12-13,15-16H2,(H2,23,24,26). The number of nitrogens with one attached hydrogen (secondary N) is 2. The fourth-order valence-corrected chi connectivity index (χ4v) is 4.35. The molecule has 5 nitrogen and oxygen atoms in total. The number of rotatable bonds is 5. The van der Waals surface area contributed by atoms with Gasteiger partial charge >= 0.3 is 6.03 Å². The topological polar surface area (TPSA) is 57.5 Å². The lowest BCUT2D eigenvalue weighted by molar-refractivity contribution is 0.154. The number of carbonyl (C=O) groups excluding carboxylic acids is 1. The number of amides is 2. The SMILES string of the molecule is O=C(NCC(c1ccco1)N1CCc2ccccc2C1)NC1CCCCC1. The van der Waals surface area contributed by atoms with Crippen LogP contribution in [0.5, 0.6) is 0 Å². The lowest BCUT2D eigenvalue weighted by atomic mass is 9.96. The molecule has 1 unspecified atom stereocenters. The van der Waals surface area contributed by atoms with Gasteiger partial charge in [-0.1, -0.05) is 43.5 Å². The van der Waals surface area contributed by atoms with Crippen molar-refractivity contribution in [3.05, 3.63) is 59.5 Å². The first-order valence-corrected chi connectivity index (χ1v) is 10.2. The van der Waals surface area contributed by atoms with Crippen LogP contribution in [0.2, 0.25) is 0 Å². The number of nitrogens with zero attached hydrogens (tertiary/aromatic N) is 1. The summed E-state index contributed by atoms with van der Waals surface area (Å²) in [7, 11) is 0. The Kier molecular flexibility index (Phi) is 5.78. The molecular formula is C22H29N3O2. The summed E-state index contributed by atoms with van der Waals surface area (Å²) in [5.41, 5.74) is 2.79. The highest BCUT2D eigenvalue weighted by Crippen LogP contribution is 2.28. The molecule has 1 aromatic heterocycles. The molecule has 1 aliphatic carbocycles. The van der Waals surface area contributed by atoms with Crippen LogP contribution in [0.15, 0.2) is 47.1 Å². The molecule has 1 aliphatic heterocycles. The third-order valence-electron chi connectivity index (χ3n) is 5.87. The molecule has 0 spiro atoms. The third kappa shape index (κ3) is 4.53. The molecule has 0 radical (unpaired) electrons. The largest absolute Gasteiger partial charge is 0.468 e. The van der Waals surface area contributed by atoms with Crippen molar-refractivity contribution in [1.82, 2.24) is 15.5 Å². The number of fused-ring (bicyclic) bond motifs is 1. The molecular weight excluding hydrogens is 338 g/mol. The summed E-state index contributed by atoms with van der Waals surface area (Å²) < 4.78 is 5.71. The molecule has 0 saturated heterocycles. The molecule has 1 saturated carbocycles. The Labute approximate surface area is 161 Å². The van der Waals surface area contributed by atoms with Crippen molar-refractivity contribution >= 4 is 6.03 Å². The Bertz CT molecular complexity index is 738. The molecule has 1 atom stereocenters. The molecule has 1 fully saturated rings. The van der Waals surface area contributed by atoms with Crippen molar-refractivity contribution in [3.63, 3.8) is 0 Å². The zero-order valence-electron chi connectivity index (χ0n) is 15.8. The average Bonchev–Trinajstić information content (AvgIpc) is 3.23. The number of furan rings is 1. The highest BCUT2D eigenvalue weighted by atomic mass is 16.3. The van der Waals surface area contributed by atoms with Crippen LogP contribution in [-0.4, -0.2) is 30.1 Å². The normalized spacial score (nSPS) is 19.3. The van der Waals surface area contributed by atoms with Gasteiger partial charge in [0.1, 0.15) is 5.76 Å². The fourth-order valence-electron chi connectivity index (χ4n) is 4.35. The molecule has 0 bridgehead atoms. The Balaban J connectivity index is 1.39. The Morgan fingerprint density at radius 3 is 2.70 bits per heavy atom. The first-order valence-electron chi connectivity index (χ1n) is 10.2. The van der Waals surface area contributed by atoms with Crippen LogP contribution < -0.4 is 10.6 Å². The van der Waals surface area contributed by atoms with E-state index in [1.54, 1.807) is 6.26 Å². The van der Waals surface area contributed by atoms with Gasteiger partial charge in [-0.2, -0.15) is 0 Å². The summed E-state index contributed by atoms with van der Waals surface area (Å²) in [6, 6.07) is 12.8. The van der Waals surface area contributed by atoms with Crippen LogP contribution in [-0.2, 0) is 13.0 Å². The maximum absolute atomic E-state index is 12.4. The molecule has 144 valence electrons. The van der Waals surface area contributed by atoms with Gasteiger partial charge in [-0.15, -0.1) is 0 Å². The predicted octanol–water partition coefficient (Wildman–Crippen LogP) is 4.01. The van der Waals surface area contributed by atoms with Crippen LogP contribution >= 0.6 is 0 Å². The van der Waals surface area contributed by atoms with Crippen LogP contribution in [0.1, 0.15) is 55.0 Å². The predicted molar refractivity (Wildman–Crippen MR) is 105 cm³/mol. The van der Waals surface area contributed by atoms with E-state index in [-0.39, 0.29) is 12.1 Å². The fraction of sp³-hybridized carbons (Fsp3) is 0.500. The van der Waals surface area contributed by atoms with Gasteiger partial charge in [0.25, 0.3) is 0 Å². The number of carbonyl (C=O) groups is 1. The number of urea groups is 1. The van der Waals surface area contributed by atoms with Gasteiger partial charge in [-0.3, -0.25) is 4.90 Å². The van der Waals surface area contributed by atoms with E-state index in [4.69, 9.17) is 4.42 Å². The molecule has 2 amide bonds. The monoisotopic (exact) mass is 367 g/mol. The second-order valence-corrected chi connectivity index (χ2v) is 7.71. The first kappa shape index (κ1) is 18.1. The molecule has 2 heterocycles. The lowest BCUT2D eigenvalue weighted by Crippen LogP contribution is -2.46. The number of benzene rings is 1. The van der Waals surface area contributed by atoms with Crippen LogP contribution in [0, 0.1) is 0 Å². The molecule has 2 aliphatic rings. The molecule has 1 aromatic carbocycles. The van der Waals surface area contributed by atoms with Crippen molar-refractivity contribution in [1.29, 1.82) is 0 Å². The summed E-state index contributed by atoms with van der Waals surface area (Å²) in [5, 5.41) is 6.23. The van der Waals surface area contributed by atoms with E-state index < -0.39 is 0 Å². The van der Waals surface area contributed by atoms with E-state index in [0.717, 1.165) is 38.1 Å². The smallest absolute Gasteiger partial charge is 0.315 e. The van der Waals surface area contributed by atoms with Crippen LogP contribution in [0.4, 0.5) is 4.79 Å². The van der Waals surface area contributed by atoms with E-state index >= 15 is 0 Å². The minimum Gasteiger partial charge on any atom is -0.468 e. The van der Waals surface area contributed by atoms with E-state index in [0.29, 0.717) is 12.6 Å². The molecule has 5 heteroatoms. The minimum absolute atomic E-state index is 0.0467. The first-order chi connectivity index (χ1) is 13.3. The second-order valence-electron chi connectivity index (χ2n) is 7.71. The molecule has 4 rings (SSSR count). The van der Waals surface area contributed by atoms with Gasteiger partial charge in [0.15, 0.2) is 0 Å². The minimum atomic E-state index is -0.0594. The van der Waals surface area contributed by atoms with Crippen LogP contribution in [0.25, 0.3) is 0 Å². The highest BCUT2D eigenvalue weighted by Gasteiger charge is 2.27. The van der Waals surface area contributed by atoms with Crippen molar-refractivity contribution in [2.75, 3.05) is 13.1 Å². The van der Waals surface area contributed by atoms with Gasteiger partial charge in [0.2, 0.25) is 0 Å². The summed E-state index contributed by atoms with van der Waals surface area (Å²) in [6.45, 7) is 2.40. The molecule has 2 N–H and O–H groups in total. The molecule has 27 heavy (non-hydrogen) atoms. The maximum atomic E-state index is 12.4. The van der Waals surface area contributed by atoms with E-state index in [9.17, 15) is 4.79 Å². The van der Waals surface area contributed by atoms with E-state index in [1.807, 2.05) is 12.1 Å². The summed E-state index contributed by atoms with van der Waals surface area (Å²) in [4.78, 5) is 14.8. The highest BCUT2D eigenvalue weighted by molar-refractivity contribution is 5.74. The summed E-state index contributed by atoms with van der Waals surface area (Å²) in [6.07, 6.45) is 8.65. The lowest BCUT2D eigenvalue weighted by Gasteiger charge is -2.34. The number of hydrogen-bond donors (Lipinski definition) is 2. The van der Waals surface area contributed by atoms with Gasteiger partial charge in [-0.25, -0.2) is 4.79 Å².